The molecule has 0 saturated carbocycles. The van der Waals surface area contributed by atoms with Crippen molar-refractivity contribution >= 4 is 24.0 Å². The van der Waals surface area contributed by atoms with Crippen molar-refractivity contribution in [1.82, 2.24) is 10.6 Å². The molecule has 20 heavy (non-hydrogen) atoms. The fourth-order valence-electron chi connectivity index (χ4n) is 2.04. The van der Waals surface area contributed by atoms with E-state index in [1.165, 1.54) is 0 Å². The van der Waals surface area contributed by atoms with Gasteiger partial charge in [0, 0.05) is 18.7 Å². The number of non-ortho nitro benzene ring substituents is 1. The minimum Gasteiger partial charge on any atom is -0.348 e. The molecule has 1 fully saturated rings. The number of benzene rings is 1. The summed E-state index contributed by atoms with van der Waals surface area (Å²) in [5, 5.41) is 16.3. The summed E-state index contributed by atoms with van der Waals surface area (Å²) in [7, 11) is 0. The average molecular weight is 304 g/mol. The van der Waals surface area contributed by atoms with Gasteiger partial charge in [-0.15, -0.1) is 12.4 Å². The fourth-order valence-corrected chi connectivity index (χ4v) is 2.04. The van der Waals surface area contributed by atoms with Gasteiger partial charge in [0.05, 0.1) is 16.6 Å². The van der Waals surface area contributed by atoms with Gasteiger partial charge in [-0.3, -0.25) is 14.9 Å². The SMILES string of the molecule is Cl.O=C(N[C@@H]1CCCNC1)c1ccc([N+](=O)[O-])cc1F. The molecule has 1 heterocycles. The van der Waals surface area contributed by atoms with E-state index in [4.69, 9.17) is 0 Å². The maximum Gasteiger partial charge on any atom is 0.272 e. The largest absolute Gasteiger partial charge is 0.348 e. The van der Waals surface area contributed by atoms with Gasteiger partial charge in [0.2, 0.25) is 0 Å². The number of piperidine rings is 1. The molecule has 6 nitrogen and oxygen atoms in total. The van der Waals surface area contributed by atoms with Crippen molar-refractivity contribution in [2.75, 3.05) is 13.1 Å². The quantitative estimate of drug-likeness (QED) is 0.657. The molecule has 0 aromatic heterocycles. The van der Waals surface area contributed by atoms with Crippen LogP contribution < -0.4 is 10.6 Å². The lowest BCUT2D eigenvalue weighted by Crippen LogP contribution is -2.45. The van der Waals surface area contributed by atoms with Gasteiger partial charge in [-0.25, -0.2) is 4.39 Å². The van der Waals surface area contributed by atoms with Gasteiger partial charge in [0.15, 0.2) is 0 Å². The number of halogens is 2. The molecule has 2 N–H and O–H groups in total. The number of nitrogens with zero attached hydrogens (tertiary/aromatic N) is 1. The number of carbonyl (C=O) groups is 1. The Morgan fingerprint density at radius 2 is 2.25 bits per heavy atom. The molecule has 110 valence electrons. The first kappa shape index (κ1) is 16.3. The Hall–Kier alpha value is -1.73. The van der Waals surface area contributed by atoms with Crippen LogP contribution in [0.2, 0.25) is 0 Å². The maximum atomic E-state index is 13.6. The van der Waals surface area contributed by atoms with Crippen LogP contribution in [-0.2, 0) is 0 Å². The third-order valence-corrected chi connectivity index (χ3v) is 3.04. The monoisotopic (exact) mass is 303 g/mol. The number of hydrogen-bond acceptors (Lipinski definition) is 4. The second-order valence-electron chi connectivity index (χ2n) is 4.44. The molecule has 1 aromatic rings. The summed E-state index contributed by atoms with van der Waals surface area (Å²) in [6.07, 6.45) is 1.79. The van der Waals surface area contributed by atoms with E-state index in [1.54, 1.807) is 0 Å². The van der Waals surface area contributed by atoms with Crippen molar-refractivity contribution < 1.29 is 14.1 Å². The highest BCUT2D eigenvalue weighted by atomic mass is 35.5. The molecule has 0 spiro atoms. The van der Waals surface area contributed by atoms with Crippen molar-refractivity contribution in [2.45, 2.75) is 18.9 Å². The number of nitro benzene ring substituents is 1. The zero-order valence-electron chi connectivity index (χ0n) is 10.6. The zero-order valence-corrected chi connectivity index (χ0v) is 11.4. The topological polar surface area (TPSA) is 84.3 Å². The van der Waals surface area contributed by atoms with E-state index in [-0.39, 0.29) is 29.7 Å². The Bertz CT molecular complexity index is 507. The minimum atomic E-state index is -0.879. The molecule has 1 saturated heterocycles. The Balaban J connectivity index is 0.00000200. The number of nitro groups is 1. The van der Waals surface area contributed by atoms with E-state index in [2.05, 4.69) is 10.6 Å². The van der Waals surface area contributed by atoms with Crippen molar-refractivity contribution in [3.05, 3.63) is 39.7 Å². The molecule has 1 aliphatic heterocycles. The highest BCUT2D eigenvalue weighted by Crippen LogP contribution is 2.16. The second kappa shape index (κ2) is 7.16. The molecule has 0 unspecified atom stereocenters. The Kier molecular flexibility index (Phi) is 5.84. The molecule has 1 aromatic carbocycles. The summed E-state index contributed by atoms with van der Waals surface area (Å²) in [4.78, 5) is 21.6. The van der Waals surface area contributed by atoms with Crippen molar-refractivity contribution in [3.8, 4) is 0 Å². The predicted molar refractivity (Wildman–Crippen MR) is 73.7 cm³/mol. The summed E-state index contributed by atoms with van der Waals surface area (Å²) in [5.74, 6) is -1.42. The molecule has 1 atom stereocenters. The highest BCUT2D eigenvalue weighted by molar-refractivity contribution is 5.94. The van der Waals surface area contributed by atoms with Crippen LogP contribution in [0.4, 0.5) is 10.1 Å². The fraction of sp³-hybridized carbons (Fsp3) is 0.417. The predicted octanol–water partition coefficient (Wildman–Crippen LogP) is 1.64. The third kappa shape index (κ3) is 3.88. The van der Waals surface area contributed by atoms with Crippen LogP contribution >= 0.6 is 12.4 Å². The minimum absolute atomic E-state index is 0. The molecule has 2 rings (SSSR count). The summed E-state index contributed by atoms with van der Waals surface area (Å²) >= 11 is 0. The molecule has 0 radical (unpaired) electrons. The lowest BCUT2D eigenvalue weighted by molar-refractivity contribution is -0.385. The summed E-state index contributed by atoms with van der Waals surface area (Å²) in [6, 6.07) is 2.99. The van der Waals surface area contributed by atoms with Crippen LogP contribution in [0.3, 0.4) is 0 Å². The van der Waals surface area contributed by atoms with Crippen molar-refractivity contribution in [3.63, 3.8) is 0 Å². The first-order chi connectivity index (χ1) is 9.08. The van der Waals surface area contributed by atoms with Gasteiger partial charge < -0.3 is 10.6 Å². The molecular formula is C12H15ClFN3O3. The molecule has 1 amide bonds. The van der Waals surface area contributed by atoms with E-state index in [0.29, 0.717) is 6.54 Å². The van der Waals surface area contributed by atoms with E-state index < -0.39 is 16.6 Å². The highest BCUT2D eigenvalue weighted by Gasteiger charge is 2.20. The zero-order chi connectivity index (χ0) is 13.8. The molecular weight excluding hydrogens is 289 g/mol. The van der Waals surface area contributed by atoms with Gasteiger partial charge in [-0.05, 0) is 25.5 Å². The van der Waals surface area contributed by atoms with Crippen LogP contribution in [0.1, 0.15) is 23.2 Å². The average Bonchev–Trinajstić information content (AvgIpc) is 2.39. The number of hydrogen-bond donors (Lipinski definition) is 2. The van der Waals surface area contributed by atoms with Crippen LogP contribution in [0.15, 0.2) is 18.2 Å². The summed E-state index contributed by atoms with van der Waals surface area (Å²) in [6.45, 7) is 1.57. The van der Waals surface area contributed by atoms with Crippen LogP contribution in [-0.4, -0.2) is 30.0 Å². The molecule has 0 aliphatic carbocycles. The van der Waals surface area contributed by atoms with Crippen LogP contribution in [0.5, 0.6) is 0 Å². The van der Waals surface area contributed by atoms with Crippen LogP contribution in [0, 0.1) is 15.9 Å². The van der Waals surface area contributed by atoms with Gasteiger partial charge in [-0.1, -0.05) is 0 Å². The smallest absolute Gasteiger partial charge is 0.272 e. The van der Waals surface area contributed by atoms with Crippen molar-refractivity contribution in [2.24, 2.45) is 0 Å². The normalized spacial score (nSPS) is 17.9. The Morgan fingerprint density at radius 3 is 2.80 bits per heavy atom. The first-order valence-corrected chi connectivity index (χ1v) is 6.03. The Labute approximate surface area is 121 Å². The van der Waals surface area contributed by atoms with Gasteiger partial charge in [0.25, 0.3) is 11.6 Å². The van der Waals surface area contributed by atoms with Gasteiger partial charge >= 0.3 is 0 Å². The number of rotatable bonds is 3. The lowest BCUT2D eigenvalue weighted by Gasteiger charge is -2.23. The molecule has 1 aliphatic rings. The maximum absolute atomic E-state index is 13.6. The van der Waals surface area contributed by atoms with Crippen molar-refractivity contribution in [1.29, 1.82) is 0 Å². The van der Waals surface area contributed by atoms with E-state index >= 15 is 0 Å². The number of carbonyl (C=O) groups excluding carboxylic acids is 1. The first-order valence-electron chi connectivity index (χ1n) is 6.03. The molecule has 0 bridgehead atoms. The summed E-state index contributed by atoms with van der Waals surface area (Å²) in [5.41, 5.74) is -0.537. The molecule has 8 heteroatoms. The van der Waals surface area contributed by atoms with Gasteiger partial charge in [-0.2, -0.15) is 0 Å². The van der Waals surface area contributed by atoms with Gasteiger partial charge in [0.1, 0.15) is 5.82 Å². The third-order valence-electron chi connectivity index (χ3n) is 3.04. The standard InChI is InChI=1S/C12H14FN3O3.ClH/c13-11-6-9(16(18)19)3-4-10(11)12(17)15-8-2-1-5-14-7-8;/h3-4,6,8,14H,1-2,5,7H2,(H,15,17);1H/t8-;/m1./s1. The van der Waals surface area contributed by atoms with E-state index in [1.807, 2.05) is 0 Å². The van der Waals surface area contributed by atoms with E-state index in [9.17, 15) is 19.3 Å². The lowest BCUT2D eigenvalue weighted by atomic mass is 10.1. The van der Waals surface area contributed by atoms with Crippen LogP contribution in [0.25, 0.3) is 0 Å². The Morgan fingerprint density at radius 1 is 1.50 bits per heavy atom. The number of nitrogens with one attached hydrogen (secondary N) is 2. The number of amides is 1. The van der Waals surface area contributed by atoms with E-state index in [0.717, 1.165) is 37.6 Å². The second-order valence-corrected chi connectivity index (χ2v) is 4.44. The summed E-state index contributed by atoms with van der Waals surface area (Å²) < 4.78 is 13.6.